The van der Waals surface area contributed by atoms with E-state index in [1.807, 2.05) is 0 Å². The smallest absolute Gasteiger partial charge is 0.424 e. The van der Waals surface area contributed by atoms with Crippen LogP contribution in [0.2, 0.25) is 0 Å². The lowest BCUT2D eigenvalue weighted by molar-refractivity contribution is -0.150. The molecule has 12 heteroatoms. The minimum atomic E-state index is -1.37. The SMILES string of the molecule is CC(C)(C)OC(=O)N1C(=O)CCC(N2C(=O)c3cccc(OCC(=O)NCCCCCN)c3C2=O)C1=O. The molecule has 1 saturated heterocycles. The van der Waals surface area contributed by atoms with E-state index in [2.05, 4.69) is 5.32 Å². The molecule has 1 aromatic carbocycles. The van der Waals surface area contributed by atoms with E-state index in [0.717, 1.165) is 24.2 Å². The van der Waals surface area contributed by atoms with Gasteiger partial charge in [-0.15, -0.1) is 0 Å². The van der Waals surface area contributed by atoms with Gasteiger partial charge < -0.3 is 20.5 Å². The van der Waals surface area contributed by atoms with Gasteiger partial charge in [0.2, 0.25) is 5.91 Å². The first kappa shape index (κ1) is 27.8. The molecule has 2 aliphatic rings. The van der Waals surface area contributed by atoms with Crippen molar-refractivity contribution in [1.29, 1.82) is 0 Å². The van der Waals surface area contributed by atoms with Crippen molar-refractivity contribution >= 4 is 35.6 Å². The summed E-state index contributed by atoms with van der Waals surface area (Å²) in [4.78, 5) is 77.7. The van der Waals surface area contributed by atoms with Crippen molar-refractivity contribution in [2.24, 2.45) is 5.73 Å². The second kappa shape index (κ2) is 11.5. The first-order chi connectivity index (χ1) is 17.5. The average Bonchev–Trinajstić information content (AvgIpc) is 3.07. The summed E-state index contributed by atoms with van der Waals surface area (Å²) in [6.45, 7) is 5.40. The van der Waals surface area contributed by atoms with E-state index in [0.29, 0.717) is 18.0 Å². The van der Waals surface area contributed by atoms with Crippen LogP contribution in [0.4, 0.5) is 4.79 Å². The third-order valence-electron chi connectivity index (χ3n) is 5.74. The third kappa shape index (κ3) is 6.31. The Morgan fingerprint density at radius 2 is 1.81 bits per heavy atom. The molecule has 1 atom stereocenters. The maximum absolute atomic E-state index is 13.3. The topological polar surface area (TPSA) is 165 Å². The number of carbonyl (C=O) groups is 6. The maximum atomic E-state index is 13.3. The van der Waals surface area contributed by atoms with Gasteiger partial charge in [-0.05, 0) is 58.7 Å². The van der Waals surface area contributed by atoms with Crippen LogP contribution in [0.1, 0.15) is 73.6 Å². The second-order valence-electron chi connectivity index (χ2n) is 9.75. The number of amides is 6. The molecular formula is C25H32N4O8. The monoisotopic (exact) mass is 516 g/mol. The molecule has 1 fully saturated rings. The average molecular weight is 517 g/mol. The van der Waals surface area contributed by atoms with Gasteiger partial charge in [-0.3, -0.25) is 28.9 Å². The van der Waals surface area contributed by atoms with Crippen molar-refractivity contribution in [3.05, 3.63) is 29.3 Å². The Hall–Kier alpha value is -3.80. The number of benzene rings is 1. The lowest BCUT2D eigenvalue weighted by atomic mass is 10.0. The molecule has 37 heavy (non-hydrogen) atoms. The summed E-state index contributed by atoms with van der Waals surface area (Å²) in [5.74, 6) is -3.74. The van der Waals surface area contributed by atoms with Crippen molar-refractivity contribution in [3.63, 3.8) is 0 Å². The van der Waals surface area contributed by atoms with Gasteiger partial charge in [0.25, 0.3) is 23.6 Å². The van der Waals surface area contributed by atoms with Crippen molar-refractivity contribution in [2.45, 2.75) is 64.5 Å². The molecule has 0 saturated carbocycles. The van der Waals surface area contributed by atoms with Crippen LogP contribution in [0.25, 0.3) is 0 Å². The van der Waals surface area contributed by atoms with Gasteiger partial charge in [0.15, 0.2) is 6.61 Å². The van der Waals surface area contributed by atoms with E-state index in [4.69, 9.17) is 15.2 Å². The highest BCUT2D eigenvalue weighted by molar-refractivity contribution is 6.25. The van der Waals surface area contributed by atoms with Crippen LogP contribution in [0.3, 0.4) is 0 Å². The fourth-order valence-corrected chi connectivity index (χ4v) is 4.05. The van der Waals surface area contributed by atoms with Gasteiger partial charge in [0.1, 0.15) is 17.4 Å². The molecule has 6 amide bonds. The van der Waals surface area contributed by atoms with Crippen LogP contribution >= 0.6 is 0 Å². The van der Waals surface area contributed by atoms with Crippen molar-refractivity contribution in [1.82, 2.24) is 15.1 Å². The number of likely N-dealkylation sites (tertiary alicyclic amines) is 1. The zero-order valence-electron chi connectivity index (χ0n) is 21.2. The number of imide groups is 4. The van der Waals surface area contributed by atoms with Crippen LogP contribution in [0.5, 0.6) is 5.75 Å². The minimum absolute atomic E-state index is 0.00166. The Kier molecular flexibility index (Phi) is 8.64. The Balaban J connectivity index is 1.73. The predicted molar refractivity (Wildman–Crippen MR) is 129 cm³/mol. The number of hydrogen-bond donors (Lipinski definition) is 2. The zero-order valence-corrected chi connectivity index (χ0v) is 21.2. The van der Waals surface area contributed by atoms with Crippen molar-refractivity contribution in [3.8, 4) is 5.75 Å². The normalized spacial score (nSPS) is 17.7. The Morgan fingerprint density at radius 1 is 1.08 bits per heavy atom. The van der Waals surface area contributed by atoms with Gasteiger partial charge in [-0.1, -0.05) is 12.5 Å². The zero-order chi connectivity index (χ0) is 27.3. The van der Waals surface area contributed by atoms with Gasteiger partial charge in [-0.25, -0.2) is 4.79 Å². The first-order valence-electron chi connectivity index (χ1n) is 12.2. The van der Waals surface area contributed by atoms with Crippen LogP contribution in [-0.4, -0.2) is 76.8 Å². The van der Waals surface area contributed by atoms with Crippen LogP contribution < -0.4 is 15.8 Å². The summed E-state index contributed by atoms with van der Waals surface area (Å²) in [6.07, 6.45) is 0.976. The van der Waals surface area contributed by atoms with Gasteiger partial charge >= 0.3 is 6.09 Å². The standard InChI is InChI=1S/C25H32N4O8/c1-25(2,3)37-24(35)29-19(31)11-10-16(22(29)33)28-21(32)15-8-7-9-17(20(15)23(28)34)36-14-18(30)27-13-6-4-5-12-26/h7-9,16H,4-6,10-14,26H2,1-3H3,(H,27,30). The number of carbonyl (C=O) groups excluding carboxylic acids is 6. The van der Waals surface area contributed by atoms with Crippen molar-refractivity contribution in [2.75, 3.05) is 19.7 Å². The molecular weight excluding hydrogens is 484 g/mol. The molecule has 1 aromatic rings. The van der Waals surface area contributed by atoms with Crippen LogP contribution in [0, 0.1) is 0 Å². The minimum Gasteiger partial charge on any atom is -0.483 e. The lowest BCUT2D eigenvalue weighted by Gasteiger charge is -2.34. The molecule has 3 rings (SSSR count). The number of rotatable bonds is 9. The quantitative estimate of drug-likeness (QED) is 0.364. The van der Waals surface area contributed by atoms with E-state index in [9.17, 15) is 28.8 Å². The number of hydrogen-bond acceptors (Lipinski definition) is 9. The Morgan fingerprint density at radius 3 is 2.49 bits per heavy atom. The third-order valence-corrected chi connectivity index (χ3v) is 5.74. The Labute approximate surface area is 214 Å². The van der Waals surface area contributed by atoms with Gasteiger partial charge in [0, 0.05) is 13.0 Å². The summed E-state index contributed by atoms with van der Waals surface area (Å²) in [7, 11) is 0. The summed E-state index contributed by atoms with van der Waals surface area (Å²) in [5, 5.41) is 2.71. The lowest BCUT2D eigenvalue weighted by Crippen LogP contribution is -2.58. The first-order valence-corrected chi connectivity index (χ1v) is 12.2. The van der Waals surface area contributed by atoms with Crippen LogP contribution in [-0.2, 0) is 19.1 Å². The largest absolute Gasteiger partial charge is 0.483 e. The number of nitrogens with zero attached hydrogens (tertiary/aromatic N) is 2. The number of unbranched alkanes of at least 4 members (excludes halogenated alkanes) is 2. The second-order valence-corrected chi connectivity index (χ2v) is 9.75. The maximum Gasteiger partial charge on any atom is 0.424 e. The number of fused-ring (bicyclic) bond motifs is 1. The van der Waals surface area contributed by atoms with Crippen molar-refractivity contribution < 1.29 is 38.2 Å². The van der Waals surface area contributed by atoms with E-state index >= 15 is 0 Å². The number of ether oxygens (including phenoxy) is 2. The highest BCUT2D eigenvalue weighted by Crippen LogP contribution is 2.34. The summed E-state index contributed by atoms with van der Waals surface area (Å²) >= 11 is 0. The summed E-state index contributed by atoms with van der Waals surface area (Å²) in [6, 6.07) is 2.97. The number of nitrogens with one attached hydrogen (secondary N) is 1. The molecule has 12 nitrogen and oxygen atoms in total. The van der Waals surface area contributed by atoms with E-state index in [1.54, 1.807) is 20.8 Å². The molecule has 0 radical (unpaired) electrons. The number of piperidine rings is 1. The summed E-state index contributed by atoms with van der Waals surface area (Å²) < 4.78 is 10.7. The fraction of sp³-hybridized carbons (Fsp3) is 0.520. The summed E-state index contributed by atoms with van der Waals surface area (Å²) in [5.41, 5.74) is 4.39. The molecule has 2 aliphatic heterocycles. The fourth-order valence-electron chi connectivity index (χ4n) is 4.05. The molecule has 1 unspecified atom stereocenters. The Bertz CT molecular complexity index is 1110. The van der Waals surface area contributed by atoms with E-state index in [1.165, 1.54) is 18.2 Å². The molecule has 200 valence electrons. The van der Waals surface area contributed by atoms with Gasteiger partial charge in [-0.2, -0.15) is 4.90 Å². The molecule has 2 heterocycles. The van der Waals surface area contributed by atoms with E-state index < -0.39 is 47.3 Å². The highest BCUT2D eigenvalue weighted by Gasteiger charge is 2.50. The molecule has 0 bridgehead atoms. The van der Waals surface area contributed by atoms with Crippen LogP contribution in [0.15, 0.2) is 18.2 Å². The molecule has 0 aliphatic carbocycles. The number of nitrogens with two attached hydrogens (primary N) is 1. The van der Waals surface area contributed by atoms with Gasteiger partial charge in [0.05, 0.1) is 11.1 Å². The highest BCUT2D eigenvalue weighted by atomic mass is 16.6. The molecule has 3 N–H and O–H groups in total. The predicted octanol–water partition coefficient (Wildman–Crippen LogP) is 1.36. The molecule has 0 spiro atoms. The molecule has 0 aromatic heterocycles. The van der Waals surface area contributed by atoms with E-state index in [-0.39, 0.29) is 36.3 Å².